The van der Waals surface area contributed by atoms with Gasteiger partial charge in [0.15, 0.2) is 18.5 Å². The monoisotopic (exact) mass is 245 g/mol. The van der Waals surface area contributed by atoms with Crippen LogP contribution in [-0.2, 0) is 9.53 Å². The Bertz CT molecular complexity index is 455. The maximum absolute atomic E-state index is 12.3. The molecule has 2 aliphatic heterocycles. The Hall–Kier alpha value is -1.91. The molecule has 0 aromatic carbocycles. The van der Waals surface area contributed by atoms with Crippen LogP contribution in [0.4, 0.5) is 0 Å². The van der Waals surface area contributed by atoms with E-state index >= 15 is 0 Å². The molecule has 18 heavy (non-hydrogen) atoms. The van der Waals surface area contributed by atoms with Gasteiger partial charge in [-0.25, -0.2) is 4.99 Å². The lowest BCUT2D eigenvalue weighted by atomic mass is 10.0. The Morgan fingerprint density at radius 2 is 2.00 bits per heavy atom. The minimum Gasteiger partial charge on any atom is -0.473 e. The molecule has 0 N–H and O–H groups in total. The Balaban J connectivity index is 1.78. The molecule has 1 aromatic heterocycles. The Kier molecular flexibility index (Phi) is 2.96. The predicted octanol–water partition coefficient (Wildman–Crippen LogP) is 1.17. The first kappa shape index (κ1) is 11.2. The average molecular weight is 245 g/mol. The highest BCUT2D eigenvalue weighted by Gasteiger charge is 2.37. The van der Waals surface area contributed by atoms with Gasteiger partial charge < -0.3 is 9.64 Å². The van der Waals surface area contributed by atoms with Gasteiger partial charge in [-0.1, -0.05) is 0 Å². The normalized spacial score (nSPS) is 26.3. The van der Waals surface area contributed by atoms with E-state index in [1.807, 2.05) is 17.0 Å². The lowest BCUT2D eigenvalue weighted by Crippen LogP contribution is -2.38. The van der Waals surface area contributed by atoms with Gasteiger partial charge in [-0.15, -0.1) is 0 Å². The molecule has 1 saturated heterocycles. The number of pyridine rings is 1. The Labute approximate surface area is 105 Å². The summed E-state index contributed by atoms with van der Waals surface area (Å²) in [5.74, 6) is 0.0723. The SMILES string of the molecule is O=C(C1N=CO[C@@H]1c1ccncc1)N1CCCC1. The first-order valence-corrected chi connectivity index (χ1v) is 6.22. The van der Waals surface area contributed by atoms with E-state index in [1.54, 1.807) is 12.4 Å². The van der Waals surface area contributed by atoms with E-state index in [-0.39, 0.29) is 12.0 Å². The van der Waals surface area contributed by atoms with Gasteiger partial charge in [-0.3, -0.25) is 9.78 Å². The van der Waals surface area contributed by atoms with Crippen molar-refractivity contribution in [3.8, 4) is 0 Å². The fraction of sp³-hybridized carbons (Fsp3) is 0.462. The quantitative estimate of drug-likeness (QED) is 0.786. The molecule has 1 aromatic rings. The molecule has 1 fully saturated rings. The van der Waals surface area contributed by atoms with Crippen LogP contribution in [0.1, 0.15) is 24.5 Å². The van der Waals surface area contributed by atoms with Crippen molar-refractivity contribution in [1.82, 2.24) is 9.88 Å². The molecule has 3 rings (SSSR count). The van der Waals surface area contributed by atoms with Crippen molar-refractivity contribution in [3.05, 3.63) is 30.1 Å². The number of ether oxygens (including phenoxy) is 1. The zero-order valence-electron chi connectivity index (χ0n) is 10.0. The number of carbonyl (C=O) groups is 1. The van der Waals surface area contributed by atoms with Crippen LogP contribution in [0.5, 0.6) is 0 Å². The van der Waals surface area contributed by atoms with Crippen molar-refractivity contribution in [1.29, 1.82) is 0 Å². The van der Waals surface area contributed by atoms with Crippen LogP contribution in [0.25, 0.3) is 0 Å². The van der Waals surface area contributed by atoms with Crippen molar-refractivity contribution >= 4 is 12.3 Å². The zero-order valence-corrected chi connectivity index (χ0v) is 10.0. The summed E-state index contributed by atoms with van der Waals surface area (Å²) in [6, 6.07) is 3.29. The minimum atomic E-state index is -0.439. The lowest BCUT2D eigenvalue weighted by molar-refractivity contribution is -0.133. The Morgan fingerprint density at radius 1 is 1.28 bits per heavy atom. The first-order valence-electron chi connectivity index (χ1n) is 6.22. The summed E-state index contributed by atoms with van der Waals surface area (Å²) in [6.45, 7) is 1.68. The lowest BCUT2D eigenvalue weighted by Gasteiger charge is -2.22. The van der Waals surface area contributed by atoms with E-state index in [4.69, 9.17) is 4.74 Å². The van der Waals surface area contributed by atoms with Crippen molar-refractivity contribution in [2.45, 2.75) is 25.0 Å². The molecule has 1 unspecified atom stereocenters. The van der Waals surface area contributed by atoms with Gasteiger partial charge in [0, 0.05) is 25.5 Å². The number of aliphatic imine (C=N–C) groups is 1. The maximum atomic E-state index is 12.3. The molecule has 3 heterocycles. The molecule has 1 amide bonds. The molecular weight excluding hydrogens is 230 g/mol. The second-order valence-electron chi connectivity index (χ2n) is 4.57. The van der Waals surface area contributed by atoms with E-state index in [1.165, 1.54) is 6.40 Å². The van der Waals surface area contributed by atoms with E-state index in [0.717, 1.165) is 31.5 Å². The topological polar surface area (TPSA) is 54.8 Å². The third-order valence-electron chi connectivity index (χ3n) is 3.42. The van der Waals surface area contributed by atoms with Gasteiger partial charge in [-0.2, -0.15) is 0 Å². The second-order valence-corrected chi connectivity index (χ2v) is 4.57. The van der Waals surface area contributed by atoms with Crippen LogP contribution in [0.2, 0.25) is 0 Å². The highest BCUT2D eigenvalue weighted by molar-refractivity contribution is 5.85. The van der Waals surface area contributed by atoms with Crippen molar-refractivity contribution in [3.63, 3.8) is 0 Å². The van der Waals surface area contributed by atoms with E-state index < -0.39 is 6.04 Å². The molecule has 5 heteroatoms. The summed E-state index contributed by atoms with van der Waals surface area (Å²) in [5, 5.41) is 0. The van der Waals surface area contributed by atoms with Crippen molar-refractivity contribution < 1.29 is 9.53 Å². The molecular formula is C13H15N3O2. The van der Waals surface area contributed by atoms with Crippen LogP contribution in [0.3, 0.4) is 0 Å². The molecule has 0 spiro atoms. The summed E-state index contributed by atoms with van der Waals surface area (Å²) < 4.78 is 5.47. The van der Waals surface area contributed by atoms with Crippen molar-refractivity contribution in [2.75, 3.05) is 13.1 Å². The van der Waals surface area contributed by atoms with Crippen LogP contribution in [0, 0.1) is 0 Å². The maximum Gasteiger partial charge on any atom is 0.251 e. The predicted molar refractivity (Wildman–Crippen MR) is 66.2 cm³/mol. The fourth-order valence-electron chi connectivity index (χ4n) is 2.45. The van der Waals surface area contributed by atoms with Gasteiger partial charge in [0.2, 0.25) is 0 Å². The molecule has 2 aliphatic rings. The molecule has 0 bridgehead atoms. The van der Waals surface area contributed by atoms with Gasteiger partial charge in [-0.05, 0) is 30.5 Å². The highest BCUT2D eigenvalue weighted by atomic mass is 16.5. The molecule has 0 aliphatic carbocycles. The molecule has 5 nitrogen and oxygen atoms in total. The number of hydrogen-bond donors (Lipinski definition) is 0. The van der Waals surface area contributed by atoms with E-state index in [9.17, 15) is 4.79 Å². The molecule has 94 valence electrons. The van der Waals surface area contributed by atoms with Crippen molar-refractivity contribution in [2.24, 2.45) is 4.99 Å². The largest absolute Gasteiger partial charge is 0.473 e. The molecule has 2 atom stereocenters. The zero-order chi connectivity index (χ0) is 12.4. The van der Waals surface area contributed by atoms with Gasteiger partial charge in [0.25, 0.3) is 5.91 Å². The standard InChI is InChI=1S/C13H15N3O2/c17-13(16-7-1-2-8-16)11-12(18-9-15-11)10-3-5-14-6-4-10/h3-6,9,11-12H,1-2,7-8H2/t11?,12-/m1/s1. The number of aromatic nitrogens is 1. The number of nitrogens with zero attached hydrogens (tertiary/aromatic N) is 3. The molecule has 0 radical (unpaired) electrons. The summed E-state index contributed by atoms with van der Waals surface area (Å²) in [4.78, 5) is 22.4. The smallest absolute Gasteiger partial charge is 0.251 e. The first-order chi connectivity index (χ1) is 8.86. The average Bonchev–Trinajstić information content (AvgIpc) is 3.10. The summed E-state index contributed by atoms with van der Waals surface area (Å²) in [7, 11) is 0. The van der Waals surface area contributed by atoms with Crippen LogP contribution in [-0.4, -0.2) is 41.3 Å². The second kappa shape index (κ2) is 4.76. The Morgan fingerprint density at radius 3 is 2.72 bits per heavy atom. The van der Waals surface area contributed by atoms with E-state index in [2.05, 4.69) is 9.98 Å². The third-order valence-corrected chi connectivity index (χ3v) is 3.42. The summed E-state index contributed by atoms with van der Waals surface area (Å²) in [5.41, 5.74) is 0.944. The number of rotatable bonds is 2. The number of hydrogen-bond acceptors (Lipinski definition) is 4. The van der Waals surface area contributed by atoms with Gasteiger partial charge >= 0.3 is 0 Å². The van der Waals surface area contributed by atoms with E-state index in [0.29, 0.717) is 0 Å². The third kappa shape index (κ3) is 1.96. The highest BCUT2D eigenvalue weighted by Crippen LogP contribution is 2.28. The van der Waals surface area contributed by atoms with Gasteiger partial charge in [0.05, 0.1) is 0 Å². The van der Waals surface area contributed by atoms with Crippen LogP contribution >= 0.6 is 0 Å². The number of likely N-dealkylation sites (tertiary alicyclic amines) is 1. The number of carbonyl (C=O) groups excluding carboxylic acids is 1. The fourth-order valence-corrected chi connectivity index (χ4v) is 2.45. The summed E-state index contributed by atoms with van der Waals surface area (Å²) >= 11 is 0. The van der Waals surface area contributed by atoms with Gasteiger partial charge in [0.1, 0.15) is 0 Å². The minimum absolute atomic E-state index is 0.0723. The van der Waals surface area contributed by atoms with Crippen LogP contribution < -0.4 is 0 Å². The number of amides is 1. The summed E-state index contributed by atoms with van der Waals surface area (Å²) in [6.07, 6.45) is 6.67. The molecule has 0 saturated carbocycles. The van der Waals surface area contributed by atoms with Crippen LogP contribution in [0.15, 0.2) is 29.5 Å².